The smallest absolute Gasteiger partial charge is 0.255 e. The molecule has 30 heavy (non-hydrogen) atoms. The van der Waals surface area contributed by atoms with Crippen molar-refractivity contribution in [2.75, 3.05) is 5.32 Å². The molecular weight excluding hydrogens is 396 g/mol. The number of amides is 1. The molecule has 0 saturated carbocycles. The van der Waals surface area contributed by atoms with E-state index in [-0.39, 0.29) is 5.91 Å². The number of aryl methyl sites for hydroxylation is 1. The van der Waals surface area contributed by atoms with Crippen molar-refractivity contribution in [3.05, 3.63) is 82.4 Å². The van der Waals surface area contributed by atoms with Crippen LogP contribution in [0.2, 0.25) is 5.02 Å². The summed E-state index contributed by atoms with van der Waals surface area (Å²) < 4.78 is 5.95. The van der Waals surface area contributed by atoms with Gasteiger partial charge in [-0.2, -0.15) is 0 Å². The summed E-state index contributed by atoms with van der Waals surface area (Å²) in [5.74, 6) is 0.743. The molecule has 1 aromatic heterocycles. The van der Waals surface area contributed by atoms with E-state index in [2.05, 4.69) is 36.3 Å². The Kier molecular flexibility index (Phi) is 5.60. The molecule has 0 aliphatic heterocycles. The Labute approximate surface area is 180 Å². The lowest BCUT2D eigenvalue weighted by Gasteiger charge is -2.09. The van der Waals surface area contributed by atoms with Crippen LogP contribution in [0.1, 0.15) is 47.7 Å². The Morgan fingerprint density at radius 3 is 2.60 bits per heavy atom. The Hall–Kier alpha value is -3.11. The average Bonchev–Trinajstić information content (AvgIpc) is 3.18. The molecule has 152 valence electrons. The van der Waals surface area contributed by atoms with Crippen LogP contribution >= 0.6 is 11.6 Å². The Morgan fingerprint density at radius 1 is 1.10 bits per heavy atom. The molecule has 0 fully saturated rings. The molecule has 1 N–H and O–H groups in total. The van der Waals surface area contributed by atoms with E-state index < -0.39 is 0 Å². The topological polar surface area (TPSA) is 55.1 Å². The lowest BCUT2D eigenvalue weighted by atomic mass is 9.98. The van der Waals surface area contributed by atoms with Crippen molar-refractivity contribution < 1.29 is 9.21 Å². The predicted octanol–water partition coefficient (Wildman–Crippen LogP) is 7.22. The molecule has 3 aromatic carbocycles. The molecule has 4 aromatic rings. The molecule has 4 rings (SSSR count). The van der Waals surface area contributed by atoms with Gasteiger partial charge in [-0.05, 0) is 67.3 Å². The van der Waals surface area contributed by atoms with E-state index >= 15 is 0 Å². The van der Waals surface area contributed by atoms with Crippen molar-refractivity contribution >= 4 is 34.3 Å². The van der Waals surface area contributed by atoms with Crippen LogP contribution in [-0.4, -0.2) is 10.9 Å². The number of anilines is 1. The number of aromatic nitrogens is 1. The highest BCUT2D eigenvalue weighted by atomic mass is 35.5. The molecule has 1 unspecified atom stereocenters. The van der Waals surface area contributed by atoms with Crippen molar-refractivity contribution in [1.82, 2.24) is 4.98 Å². The minimum Gasteiger partial charge on any atom is -0.436 e. The molecule has 5 heteroatoms. The van der Waals surface area contributed by atoms with Gasteiger partial charge in [0.25, 0.3) is 5.91 Å². The number of hydrogen-bond acceptors (Lipinski definition) is 3. The number of oxazole rings is 1. The summed E-state index contributed by atoms with van der Waals surface area (Å²) in [5.41, 5.74) is 5.73. The normalized spacial score (nSPS) is 12.1. The highest BCUT2D eigenvalue weighted by Gasteiger charge is 2.14. The van der Waals surface area contributed by atoms with Gasteiger partial charge < -0.3 is 9.73 Å². The summed E-state index contributed by atoms with van der Waals surface area (Å²) in [5, 5.41) is 3.33. The van der Waals surface area contributed by atoms with Crippen LogP contribution < -0.4 is 5.32 Å². The quantitative estimate of drug-likeness (QED) is 0.372. The fourth-order valence-electron chi connectivity index (χ4n) is 3.26. The summed E-state index contributed by atoms with van der Waals surface area (Å²) >= 11 is 6.32. The van der Waals surface area contributed by atoms with Crippen LogP contribution in [0.15, 0.2) is 65.1 Å². The number of carbonyl (C=O) groups excluding carboxylic acids is 1. The Morgan fingerprint density at radius 2 is 1.87 bits per heavy atom. The lowest BCUT2D eigenvalue weighted by Crippen LogP contribution is -2.12. The largest absolute Gasteiger partial charge is 0.436 e. The summed E-state index contributed by atoms with van der Waals surface area (Å²) in [6, 6.07) is 18.9. The van der Waals surface area contributed by atoms with Crippen LogP contribution in [0.25, 0.3) is 22.6 Å². The van der Waals surface area contributed by atoms with Crippen LogP contribution in [0, 0.1) is 6.92 Å². The van der Waals surface area contributed by atoms with Crippen molar-refractivity contribution in [2.45, 2.75) is 33.1 Å². The maximum Gasteiger partial charge on any atom is 0.255 e. The van der Waals surface area contributed by atoms with Crippen LogP contribution in [0.5, 0.6) is 0 Å². The minimum atomic E-state index is -0.218. The van der Waals surface area contributed by atoms with Gasteiger partial charge in [0.15, 0.2) is 5.58 Å². The standard InChI is InChI=1S/C25H23ClN2O2/c1-4-16(3)18-10-12-23-22(13-18)28-25(30-23)19-9-11-20(26)21(14-19)27-24(29)17-7-5-15(2)6-8-17/h5-14,16H,4H2,1-3H3,(H,27,29). The van der Waals surface area contributed by atoms with Crippen LogP contribution in [-0.2, 0) is 0 Å². The fraction of sp³-hybridized carbons (Fsp3) is 0.200. The first kappa shape index (κ1) is 20.2. The number of fused-ring (bicyclic) bond motifs is 1. The van der Waals surface area contributed by atoms with Crippen molar-refractivity contribution in [3.63, 3.8) is 0 Å². The third kappa shape index (κ3) is 4.10. The minimum absolute atomic E-state index is 0.218. The molecule has 1 amide bonds. The Balaban J connectivity index is 1.64. The number of rotatable bonds is 5. The number of nitrogens with one attached hydrogen (secondary N) is 1. The van der Waals surface area contributed by atoms with Gasteiger partial charge >= 0.3 is 0 Å². The van der Waals surface area contributed by atoms with Gasteiger partial charge in [-0.3, -0.25) is 4.79 Å². The first-order valence-corrected chi connectivity index (χ1v) is 10.4. The van der Waals surface area contributed by atoms with Crippen molar-refractivity contribution in [2.24, 2.45) is 0 Å². The number of nitrogens with zero attached hydrogens (tertiary/aromatic N) is 1. The van der Waals surface area contributed by atoms with Gasteiger partial charge in [0.05, 0.1) is 10.7 Å². The zero-order valence-corrected chi connectivity index (χ0v) is 18.0. The van der Waals surface area contributed by atoms with Crippen LogP contribution in [0.3, 0.4) is 0 Å². The van der Waals surface area contributed by atoms with Crippen LogP contribution in [0.4, 0.5) is 5.69 Å². The Bertz CT molecular complexity index is 1210. The highest BCUT2D eigenvalue weighted by molar-refractivity contribution is 6.34. The van der Waals surface area contributed by atoms with Gasteiger partial charge in [-0.15, -0.1) is 0 Å². The van der Waals surface area contributed by atoms with E-state index in [1.807, 2.05) is 31.2 Å². The summed E-state index contributed by atoms with van der Waals surface area (Å²) in [7, 11) is 0. The fourth-order valence-corrected chi connectivity index (χ4v) is 3.43. The monoisotopic (exact) mass is 418 g/mol. The molecule has 0 spiro atoms. The van der Waals surface area contributed by atoms with Crippen molar-refractivity contribution in [3.8, 4) is 11.5 Å². The van der Waals surface area contributed by atoms with E-state index in [0.29, 0.717) is 28.1 Å². The van der Waals surface area contributed by atoms with E-state index in [1.54, 1.807) is 24.3 Å². The number of carbonyl (C=O) groups is 1. The average molecular weight is 419 g/mol. The molecule has 4 nitrogen and oxygen atoms in total. The van der Waals surface area contributed by atoms with E-state index in [0.717, 1.165) is 28.6 Å². The maximum absolute atomic E-state index is 12.6. The first-order valence-electron chi connectivity index (χ1n) is 10.0. The zero-order chi connectivity index (χ0) is 21.3. The number of halogens is 1. The van der Waals surface area contributed by atoms with Gasteiger partial charge in [0.2, 0.25) is 5.89 Å². The molecular formula is C25H23ClN2O2. The highest BCUT2D eigenvalue weighted by Crippen LogP contribution is 2.32. The van der Waals surface area contributed by atoms with Crippen molar-refractivity contribution in [1.29, 1.82) is 0 Å². The molecule has 0 radical (unpaired) electrons. The van der Waals surface area contributed by atoms with E-state index in [9.17, 15) is 4.79 Å². The summed E-state index contributed by atoms with van der Waals surface area (Å²) in [4.78, 5) is 17.2. The SMILES string of the molecule is CCC(C)c1ccc2oc(-c3ccc(Cl)c(NC(=O)c4ccc(C)cc4)c3)nc2c1. The molecule has 1 heterocycles. The summed E-state index contributed by atoms with van der Waals surface area (Å²) in [6.07, 6.45) is 1.07. The lowest BCUT2D eigenvalue weighted by molar-refractivity contribution is 0.102. The second-order valence-electron chi connectivity index (χ2n) is 7.57. The van der Waals surface area contributed by atoms with E-state index in [4.69, 9.17) is 16.0 Å². The molecule has 1 atom stereocenters. The van der Waals surface area contributed by atoms with Gasteiger partial charge in [-0.25, -0.2) is 4.98 Å². The third-order valence-corrected chi connectivity index (χ3v) is 5.70. The van der Waals surface area contributed by atoms with Gasteiger partial charge in [0, 0.05) is 11.1 Å². The number of benzene rings is 3. The molecule has 0 aliphatic carbocycles. The zero-order valence-electron chi connectivity index (χ0n) is 17.2. The molecule has 0 bridgehead atoms. The maximum atomic E-state index is 12.6. The van der Waals surface area contributed by atoms with Gasteiger partial charge in [0.1, 0.15) is 5.52 Å². The predicted molar refractivity (Wildman–Crippen MR) is 122 cm³/mol. The van der Waals surface area contributed by atoms with Gasteiger partial charge in [-0.1, -0.05) is 49.2 Å². The molecule has 0 saturated heterocycles. The first-order chi connectivity index (χ1) is 14.4. The summed E-state index contributed by atoms with van der Waals surface area (Å²) in [6.45, 7) is 6.35. The van der Waals surface area contributed by atoms with E-state index in [1.165, 1.54) is 5.56 Å². The second-order valence-corrected chi connectivity index (χ2v) is 7.98. The second kappa shape index (κ2) is 8.33. The molecule has 0 aliphatic rings. The third-order valence-electron chi connectivity index (χ3n) is 5.37. The number of hydrogen-bond donors (Lipinski definition) is 1.